The van der Waals surface area contributed by atoms with E-state index in [1.54, 1.807) is 17.1 Å². The summed E-state index contributed by atoms with van der Waals surface area (Å²) >= 11 is 0. The molecule has 2 atom stereocenters. The summed E-state index contributed by atoms with van der Waals surface area (Å²) < 4.78 is 1.71. The van der Waals surface area contributed by atoms with E-state index in [4.69, 9.17) is 0 Å². The molecule has 1 N–H and O–H groups in total. The Bertz CT molecular complexity index is 645. The third-order valence-electron chi connectivity index (χ3n) is 4.15. The van der Waals surface area contributed by atoms with Crippen molar-refractivity contribution in [1.82, 2.24) is 25.0 Å². The third-order valence-corrected chi connectivity index (χ3v) is 4.15. The molecule has 3 rings (SSSR count). The normalized spacial score (nSPS) is 21.2. The Morgan fingerprint density at radius 2 is 2.09 bits per heavy atom. The molecule has 0 unspecified atom stereocenters. The molecule has 0 radical (unpaired) electrons. The molecule has 1 fully saturated rings. The van der Waals surface area contributed by atoms with Crippen LogP contribution in [0.5, 0.6) is 0 Å². The van der Waals surface area contributed by atoms with E-state index in [0.29, 0.717) is 18.4 Å². The predicted octanol–water partition coefficient (Wildman–Crippen LogP) is 2.45. The molecule has 122 valence electrons. The number of carbonyl (C=O) groups is 1. The van der Waals surface area contributed by atoms with Gasteiger partial charge in [-0.1, -0.05) is 13.8 Å². The molecule has 1 saturated heterocycles. The lowest BCUT2D eigenvalue weighted by atomic mass is 9.92. The first-order valence-corrected chi connectivity index (χ1v) is 8.09. The van der Waals surface area contributed by atoms with Crippen molar-refractivity contribution in [2.75, 3.05) is 13.1 Å². The molecule has 6 nitrogen and oxygen atoms in total. The first-order valence-electron chi connectivity index (χ1n) is 8.09. The van der Waals surface area contributed by atoms with Gasteiger partial charge in [-0.2, -0.15) is 5.10 Å². The van der Waals surface area contributed by atoms with Crippen LogP contribution >= 0.6 is 0 Å². The van der Waals surface area contributed by atoms with Gasteiger partial charge in [-0.3, -0.25) is 0 Å². The summed E-state index contributed by atoms with van der Waals surface area (Å²) in [5.41, 5.74) is 1.01. The van der Waals surface area contributed by atoms with Gasteiger partial charge >= 0.3 is 6.03 Å². The van der Waals surface area contributed by atoms with Crippen LogP contribution in [0.15, 0.2) is 36.8 Å². The number of hydrogen-bond acceptors (Lipinski definition) is 3. The molecule has 23 heavy (non-hydrogen) atoms. The fourth-order valence-corrected chi connectivity index (χ4v) is 3.22. The van der Waals surface area contributed by atoms with Gasteiger partial charge in [-0.15, -0.1) is 0 Å². The molecule has 0 aromatic carbocycles. The van der Waals surface area contributed by atoms with Gasteiger partial charge in [0.1, 0.15) is 0 Å². The number of carbonyl (C=O) groups excluding carboxylic acids is 1. The lowest BCUT2D eigenvalue weighted by Gasteiger charge is -2.34. The molecule has 0 saturated carbocycles. The van der Waals surface area contributed by atoms with Crippen LogP contribution in [0.25, 0.3) is 5.82 Å². The van der Waals surface area contributed by atoms with Crippen molar-refractivity contribution < 1.29 is 4.79 Å². The summed E-state index contributed by atoms with van der Waals surface area (Å²) in [6.07, 6.45) is 6.50. The van der Waals surface area contributed by atoms with Gasteiger partial charge in [0.15, 0.2) is 5.82 Å². The molecule has 2 aromatic heterocycles. The van der Waals surface area contributed by atoms with E-state index in [0.717, 1.165) is 24.5 Å². The first kappa shape index (κ1) is 15.5. The maximum atomic E-state index is 12.4. The fourth-order valence-electron chi connectivity index (χ4n) is 3.22. The molecule has 2 amide bonds. The average Bonchev–Trinajstić information content (AvgIpc) is 3.06. The molecule has 2 aromatic rings. The number of nitrogens with one attached hydrogen (secondary N) is 1. The zero-order valence-electron chi connectivity index (χ0n) is 13.6. The average molecular weight is 313 g/mol. The van der Waals surface area contributed by atoms with Crippen molar-refractivity contribution in [3.05, 3.63) is 42.4 Å². The Kier molecular flexibility index (Phi) is 4.60. The summed E-state index contributed by atoms with van der Waals surface area (Å²) in [6.45, 7) is 6.58. The number of amides is 2. The zero-order chi connectivity index (χ0) is 16.2. The number of hydrogen-bond donors (Lipinski definition) is 1. The maximum absolute atomic E-state index is 12.4. The minimum Gasteiger partial charge on any atom is -0.334 e. The highest BCUT2D eigenvalue weighted by atomic mass is 16.2. The highest BCUT2D eigenvalue weighted by molar-refractivity contribution is 5.74. The van der Waals surface area contributed by atoms with Gasteiger partial charge in [-0.05, 0) is 42.0 Å². The SMILES string of the molecule is C[C@H]1C[C@H](C)CN(C(=O)NCc2ccnc(-n3cccn3)c2)C1. The Balaban J connectivity index is 1.60. The number of rotatable bonds is 3. The number of likely N-dealkylation sites (tertiary alicyclic amines) is 1. The van der Waals surface area contributed by atoms with Crippen LogP contribution in [-0.4, -0.2) is 38.8 Å². The minimum absolute atomic E-state index is 0.0147. The number of urea groups is 1. The maximum Gasteiger partial charge on any atom is 0.317 e. The largest absolute Gasteiger partial charge is 0.334 e. The number of pyridine rings is 1. The third kappa shape index (κ3) is 3.88. The fraction of sp³-hybridized carbons (Fsp3) is 0.471. The van der Waals surface area contributed by atoms with E-state index in [2.05, 4.69) is 29.2 Å². The van der Waals surface area contributed by atoms with Crippen molar-refractivity contribution in [2.24, 2.45) is 11.8 Å². The highest BCUT2D eigenvalue weighted by Gasteiger charge is 2.25. The van der Waals surface area contributed by atoms with Crippen LogP contribution in [0.1, 0.15) is 25.8 Å². The van der Waals surface area contributed by atoms with Gasteiger partial charge in [0.2, 0.25) is 0 Å². The second-order valence-corrected chi connectivity index (χ2v) is 6.48. The number of piperidine rings is 1. The van der Waals surface area contributed by atoms with Crippen molar-refractivity contribution in [2.45, 2.75) is 26.8 Å². The van der Waals surface area contributed by atoms with E-state index in [1.165, 1.54) is 6.42 Å². The molecule has 3 heterocycles. The molecule has 1 aliphatic rings. The van der Waals surface area contributed by atoms with Crippen LogP contribution in [-0.2, 0) is 6.54 Å². The number of aromatic nitrogens is 3. The van der Waals surface area contributed by atoms with E-state index in [9.17, 15) is 4.79 Å². The Labute approximate surface area is 136 Å². The monoisotopic (exact) mass is 313 g/mol. The van der Waals surface area contributed by atoms with Gasteiger partial charge < -0.3 is 10.2 Å². The standard InChI is InChI=1S/C17H23N5O/c1-13-8-14(2)12-21(11-13)17(23)19-10-15-4-6-18-16(9-15)22-7-3-5-20-22/h3-7,9,13-14H,8,10-12H2,1-2H3,(H,19,23)/t13-,14-/m0/s1. The Morgan fingerprint density at radius 1 is 1.30 bits per heavy atom. The van der Waals surface area contributed by atoms with E-state index in [-0.39, 0.29) is 6.03 Å². The van der Waals surface area contributed by atoms with Crippen LogP contribution in [0.2, 0.25) is 0 Å². The summed E-state index contributed by atoms with van der Waals surface area (Å²) in [4.78, 5) is 18.6. The molecule has 1 aliphatic heterocycles. The highest BCUT2D eigenvalue weighted by Crippen LogP contribution is 2.20. The van der Waals surface area contributed by atoms with E-state index in [1.807, 2.05) is 29.3 Å². The first-order chi connectivity index (χ1) is 11.1. The predicted molar refractivity (Wildman–Crippen MR) is 88.1 cm³/mol. The van der Waals surface area contributed by atoms with Crippen LogP contribution in [0, 0.1) is 11.8 Å². The lowest BCUT2D eigenvalue weighted by Crippen LogP contribution is -2.47. The molecule has 6 heteroatoms. The topological polar surface area (TPSA) is 63.1 Å². The Morgan fingerprint density at radius 3 is 2.78 bits per heavy atom. The van der Waals surface area contributed by atoms with Gasteiger partial charge in [0.25, 0.3) is 0 Å². The number of nitrogens with zero attached hydrogens (tertiary/aromatic N) is 4. The molecular weight excluding hydrogens is 290 g/mol. The van der Waals surface area contributed by atoms with Crippen LogP contribution < -0.4 is 5.32 Å². The summed E-state index contributed by atoms with van der Waals surface area (Å²) in [5.74, 6) is 1.88. The zero-order valence-corrected chi connectivity index (χ0v) is 13.6. The minimum atomic E-state index is 0.0147. The molecular formula is C17H23N5O. The quantitative estimate of drug-likeness (QED) is 0.947. The summed E-state index contributed by atoms with van der Waals surface area (Å²) in [5, 5.41) is 7.18. The van der Waals surface area contributed by atoms with Crippen molar-refractivity contribution in [3.63, 3.8) is 0 Å². The second-order valence-electron chi connectivity index (χ2n) is 6.48. The van der Waals surface area contributed by atoms with Crippen molar-refractivity contribution >= 4 is 6.03 Å². The van der Waals surface area contributed by atoms with Crippen LogP contribution in [0.4, 0.5) is 4.79 Å². The van der Waals surface area contributed by atoms with Gasteiger partial charge in [0.05, 0.1) is 0 Å². The second kappa shape index (κ2) is 6.81. The van der Waals surface area contributed by atoms with Gasteiger partial charge in [0, 0.05) is 38.2 Å². The smallest absolute Gasteiger partial charge is 0.317 e. The molecule has 0 aliphatic carbocycles. The summed E-state index contributed by atoms with van der Waals surface area (Å²) in [6, 6.07) is 5.72. The summed E-state index contributed by atoms with van der Waals surface area (Å²) in [7, 11) is 0. The van der Waals surface area contributed by atoms with Crippen molar-refractivity contribution in [1.29, 1.82) is 0 Å². The Hall–Kier alpha value is -2.37. The molecule has 0 bridgehead atoms. The van der Waals surface area contributed by atoms with Crippen LogP contribution in [0.3, 0.4) is 0 Å². The van der Waals surface area contributed by atoms with Gasteiger partial charge in [-0.25, -0.2) is 14.5 Å². The van der Waals surface area contributed by atoms with Crippen molar-refractivity contribution in [3.8, 4) is 5.82 Å². The van der Waals surface area contributed by atoms with E-state index < -0.39 is 0 Å². The van der Waals surface area contributed by atoms with E-state index >= 15 is 0 Å². The lowest BCUT2D eigenvalue weighted by molar-refractivity contribution is 0.146. The molecule has 0 spiro atoms.